The zero-order valence-corrected chi connectivity index (χ0v) is 9.78. The zero-order valence-electron chi connectivity index (χ0n) is 9.78. The van der Waals surface area contributed by atoms with Crippen molar-refractivity contribution in [2.75, 3.05) is 18.0 Å². The number of benzene rings is 1. The molecule has 1 N–H and O–H groups in total. The van der Waals surface area contributed by atoms with E-state index in [4.69, 9.17) is 5.11 Å². The number of nitrogens with zero attached hydrogens (tertiary/aromatic N) is 2. The Hall–Kier alpha value is -2.11. The maximum absolute atomic E-state index is 11.0. The third kappa shape index (κ3) is 2.42. The van der Waals surface area contributed by atoms with Gasteiger partial charge in [-0.25, -0.2) is 0 Å². The van der Waals surface area contributed by atoms with Crippen LogP contribution in [0.25, 0.3) is 0 Å². The molecule has 1 aromatic carbocycles. The summed E-state index contributed by atoms with van der Waals surface area (Å²) in [4.78, 5) is 23.3. The van der Waals surface area contributed by atoms with Crippen LogP contribution in [0.4, 0.5) is 11.4 Å². The SMILES string of the molecule is O=C(O)[C@H]1CCCN(c2ccccc2[N+](=O)[O-])C1. The molecule has 96 valence electrons. The molecule has 2 rings (SSSR count). The minimum Gasteiger partial charge on any atom is -0.481 e. The van der Waals surface area contributed by atoms with Crippen molar-refractivity contribution in [3.05, 3.63) is 34.4 Å². The van der Waals surface area contributed by atoms with Gasteiger partial charge in [0, 0.05) is 19.2 Å². The van der Waals surface area contributed by atoms with Gasteiger partial charge in [0.05, 0.1) is 10.8 Å². The quantitative estimate of drug-likeness (QED) is 0.654. The van der Waals surface area contributed by atoms with Gasteiger partial charge >= 0.3 is 5.97 Å². The molecule has 6 heteroatoms. The number of rotatable bonds is 3. The maximum atomic E-state index is 11.0. The molecule has 0 amide bonds. The molecule has 0 aromatic heterocycles. The second-order valence-corrected chi connectivity index (χ2v) is 4.37. The lowest BCUT2D eigenvalue weighted by atomic mass is 9.97. The van der Waals surface area contributed by atoms with Gasteiger partial charge < -0.3 is 10.0 Å². The number of hydrogen-bond acceptors (Lipinski definition) is 4. The maximum Gasteiger partial charge on any atom is 0.308 e. The van der Waals surface area contributed by atoms with Crippen molar-refractivity contribution >= 4 is 17.3 Å². The first-order valence-corrected chi connectivity index (χ1v) is 5.81. The summed E-state index contributed by atoms with van der Waals surface area (Å²) >= 11 is 0. The monoisotopic (exact) mass is 250 g/mol. The van der Waals surface area contributed by atoms with E-state index in [2.05, 4.69) is 0 Å². The molecule has 1 aromatic rings. The second-order valence-electron chi connectivity index (χ2n) is 4.37. The van der Waals surface area contributed by atoms with Crippen molar-refractivity contribution in [3.63, 3.8) is 0 Å². The number of carbonyl (C=O) groups is 1. The molecule has 6 nitrogen and oxygen atoms in total. The van der Waals surface area contributed by atoms with Gasteiger partial charge in [-0.2, -0.15) is 0 Å². The fourth-order valence-electron chi connectivity index (χ4n) is 2.28. The average molecular weight is 250 g/mol. The molecule has 1 saturated heterocycles. The molecule has 1 heterocycles. The first-order chi connectivity index (χ1) is 8.59. The van der Waals surface area contributed by atoms with E-state index in [-0.39, 0.29) is 5.69 Å². The van der Waals surface area contributed by atoms with Crippen LogP contribution >= 0.6 is 0 Å². The van der Waals surface area contributed by atoms with Crippen LogP contribution < -0.4 is 4.90 Å². The van der Waals surface area contributed by atoms with Crippen LogP contribution in [-0.2, 0) is 4.79 Å². The van der Waals surface area contributed by atoms with Gasteiger partial charge in [-0.1, -0.05) is 12.1 Å². The highest BCUT2D eigenvalue weighted by molar-refractivity contribution is 5.72. The Morgan fingerprint density at radius 3 is 2.83 bits per heavy atom. The van der Waals surface area contributed by atoms with E-state index in [0.717, 1.165) is 6.42 Å². The van der Waals surface area contributed by atoms with Crippen molar-refractivity contribution in [1.82, 2.24) is 0 Å². The number of aliphatic carboxylic acids is 1. The predicted molar refractivity (Wildman–Crippen MR) is 65.7 cm³/mol. The molecule has 0 radical (unpaired) electrons. The summed E-state index contributed by atoms with van der Waals surface area (Å²) in [6.07, 6.45) is 1.37. The summed E-state index contributed by atoms with van der Waals surface area (Å²) in [6, 6.07) is 6.45. The number of nitro benzene ring substituents is 1. The van der Waals surface area contributed by atoms with E-state index in [0.29, 0.717) is 25.2 Å². The highest BCUT2D eigenvalue weighted by atomic mass is 16.6. The van der Waals surface area contributed by atoms with Gasteiger partial charge in [0.15, 0.2) is 0 Å². The molecule has 1 aliphatic heterocycles. The summed E-state index contributed by atoms with van der Waals surface area (Å²) in [5, 5.41) is 20.0. The molecule has 0 saturated carbocycles. The number of anilines is 1. The molecule has 0 bridgehead atoms. The lowest BCUT2D eigenvalue weighted by molar-refractivity contribution is -0.384. The van der Waals surface area contributed by atoms with Crippen LogP contribution in [0.1, 0.15) is 12.8 Å². The predicted octanol–water partition coefficient (Wildman–Crippen LogP) is 1.90. The molecule has 1 fully saturated rings. The number of nitro groups is 1. The normalized spacial score (nSPS) is 19.6. The molecule has 18 heavy (non-hydrogen) atoms. The number of hydrogen-bond donors (Lipinski definition) is 1. The number of piperidine rings is 1. The standard InChI is InChI=1S/C12H14N2O4/c15-12(16)9-4-3-7-13(8-9)10-5-1-2-6-11(10)14(17)18/h1-2,5-6,9H,3-4,7-8H2,(H,15,16)/t9-/m0/s1. The third-order valence-corrected chi connectivity index (χ3v) is 3.19. The molecule has 0 spiro atoms. The van der Waals surface area contributed by atoms with Gasteiger partial charge in [0.25, 0.3) is 5.69 Å². The molecular formula is C12H14N2O4. The first kappa shape index (κ1) is 12.3. The van der Waals surface area contributed by atoms with E-state index in [1.54, 1.807) is 23.1 Å². The third-order valence-electron chi connectivity index (χ3n) is 3.19. The highest BCUT2D eigenvalue weighted by Crippen LogP contribution is 2.31. The van der Waals surface area contributed by atoms with E-state index < -0.39 is 16.8 Å². The van der Waals surface area contributed by atoms with Crippen LogP contribution in [0.3, 0.4) is 0 Å². The van der Waals surface area contributed by atoms with Crippen molar-refractivity contribution in [1.29, 1.82) is 0 Å². The van der Waals surface area contributed by atoms with Crippen LogP contribution in [0.2, 0.25) is 0 Å². The Balaban J connectivity index is 2.26. The number of carboxylic acids is 1. The van der Waals surface area contributed by atoms with Crippen LogP contribution in [0, 0.1) is 16.0 Å². The largest absolute Gasteiger partial charge is 0.481 e. The van der Waals surface area contributed by atoms with Crippen LogP contribution in [0.15, 0.2) is 24.3 Å². The lowest BCUT2D eigenvalue weighted by Crippen LogP contribution is -2.38. The first-order valence-electron chi connectivity index (χ1n) is 5.81. The van der Waals surface area contributed by atoms with E-state index in [1.807, 2.05) is 0 Å². The fourth-order valence-corrected chi connectivity index (χ4v) is 2.28. The number of carboxylic acid groups (broad SMARTS) is 1. The highest BCUT2D eigenvalue weighted by Gasteiger charge is 2.28. The van der Waals surface area contributed by atoms with E-state index in [1.165, 1.54) is 6.07 Å². The second kappa shape index (κ2) is 5.03. The lowest BCUT2D eigenvalue weighted by Gasteiger charge is -2.32. The Labute approximate surface area is 104 Å². The van der Waals surface area contributed by atoms with Gasteiger partial charge in [-0.3, -0.25) is 14.9 Å². The summed E-state index contributed by atoms with van der Waals surface area (Å²) in [7, 11) is 0. The van der Waals surface area contributed by atoms with Crippen LogP contribution in [0.5, 0.6) is 0 Å². The molecule has 1 atom stereocenters. The van der Waals surface area contributed by atoms with Crippen molar-refractivity contribution in [2.45, 2.75) is 12.8 Å². The minimum absolute atomic E-state index is 0.0311. The number of para-hydroxylation sites is 2. The Morgan fingerprint density at radius 1 is 1.44 bits per heavy atom. The minimum atomic E-state index is -0.835. The molecule has 0 aliphatic carbocycles. The van der Waals surface area contributed by atoms with Crippen molar-refractivity contribution in [3.8, 4) is 0 Å². The van der Waals surface area contributed by atoms with Gasteiger partial charge in [0.2, 0.25) is 0 Å². The molecular weight excluding hydrogens is 236 g/mol. The van der Waals surface area contributed by atoms with Gasteiger partial charge in [-0.05, 0) is 18.9 Å². The van der Waals surface area contributed by atoms with Crippen LogP contribution in [-0.4, -0.2) is 29.1 Å². The van der Waals surface area contributed by atoms with E-state index >= 15 is 0 Å². The Morgan fingerprint density at radius 2 is 2.17 bits per heavy atom. The summed E-state index contributed by atoms with van der Waals surface area (Å²) in [5.41, 5.74) is 0.539. The van der Waals surface area contributed by atoms with Gasteiger partial charge in [0.1, 0.15) is 5.69 Å². The van der Waals surface area contributed by atoms with Crippen molar-refractivity contribution < 1.29 is 14.8 Å². The topological polar surface area (TPSA) is 83.7 Å². The van der Waals surface area contributed by atoms with Gasteiger partial charge in [-0.15, -0.1) is 0 Å². The van der Waals surface area contributed by atoms with E-state index in [9.17, 15) is 14.9 Å². The zero-order chi connectivity index (χ0) is 13.1. The Bertz CT molecular complexity index is 475. The molecule has 1 aliphatic rings. The summed E-state index contributed by atoms with van der Waals surface area (Å²) in [6.45, 7) is 0.995. The summed E-state index contributed by atoms with van der Waals surface area (Å²) in [5.74, 6) is -1.28. The Kier molecular flexibility index (Phi) is 3.45. The smallest absolute Gasteiger partial charge is 0.308 e. The average Bonchev–Trinajstić information content (AvgIpc) is 2.39. The fraction of sp³-hybridized carbons (Fsp3) is 0.417. The van der Waals surface area contributed by atoms with Crippen molar-refractivity contribution in [2.24, 2.45) is 5.92 Å². The summed E-state index contributed by atoms with van der Waals surface area (Å²) < 4.78 is 0. The molecule has 0 unspecified atom stereocenters.